The van der Waals surface area contributed by atoms with Crippen LogP contribution in [-0.4, -0.2) is 17.6 Å². The number of aromatic amines is 1. The highest BCUT2D eigenvalue weighted by Gasteiger charge is 2.10. The van der Waals surface area contributed by atoms with Crippen molar-refractivity contribution >= 4 is 0 Å². The predicted molar refractivity (Wildman–Crippen MR) is 61.6 cm³/mol. The summed E-state index contributed by atoms with van der Waals surface area (Å²) in [7, 11) is 0. The van der Waals surface area contributed by atoms with E-state index in [1.165, 1.54) is 6.07 Å². The van der Waals surface area contributed by atoms with Crippen molar-refractivity contribution in [1.82, 2.24) is 10.3 Å². The lowest BCUT2D eigenvalue weighted by Crippen LogP contribution is -2.40. The average Bonchev–Trinajstić information content (AvgIpc) is 2.21. The Kier molecular flexibility index (Phi) is 4.52. The lowest BCUT2D eigenvalue weighted by Gasteiger charge is -2.20. The Hall–Kier alpha value is -1.13. The molecule has 1 heterocycles. The van der Waals surface area contributed by atoms with Gasteiger partial charge in [-0.2, -0.15) is 0 Å². The minimum Gasteiger partial charge on any atom is -0.367 e. The van der Waals surface area contributed by atoms with Crippen LogP contribution in [0.4, 0.5) is 0 Å². The second-order valence-corrected chi connectivity index (χ2v) is 4.00. The molecule has 0 aliphatic carbocycles. The lowest BCUT2D eigenvalue weighted by atomic mass is 10.0. The van der Waals surface area contributed by atoms with Gasteiger partial charge in [0.15, 0.2) is 5.43 Å². The fourth-order valence-corrected chi connectivity index (χ4v) is 1.42. The van der Waals surface area contributed by atoms with Crippen LogP contribution in [0.5, 0.6) is 0 Å². The number of nitrogens with two attached hydrogens (primary N) is 1. The topological polar surface area (TPSA) is 70.9 Å². The molecular weight excluding hydrogens is 190 g/mol. The van der Waals surface area contributed by atoms with Gasteiger partial charge in [-0.05, 0) is 5.92 Å². The van der Waals surface area contributed by atoms with Crippen molar-refractivity contribution in [3.63, 3.8) is 0 Å². The van der Waals surface area contributed by atoms with Gasteiger partial charge in [0, 0.05) is 43.2 Å². The first-order valence-electron chi connectivity index (χ1n) is 5.24. The number of nitrogens with one attached hydrogen (secondary N) is 2. The molecular formula is C11H19N3O. The lowest BCUT2D eigenvalue weighted by molar-refractivity contribution is 0.404. The largest absolute Gasteiger partial charge is 0.367 e. The molecule has 1 unspecified atom stereocenters. The van der Waals surface area contributed by atoms with Crippen LogP contribution in [0.15, 0.2) is 23.3 Å². The Bertz CT molecular complexity index is 346. The minimum atomic E-state index is 0.0563. The molecule has 0 saturated heterocycles. The van der Waals surface area contributed by atoms with Gasteiger partial charge in [-0.15, -0.1) is 0 Å². The van der Waals surface area contributed by atoms with Crippen LogP contribution in [0.25, 0.3) is 0 Å². The van der Waals surface area contributed by atoms with Crippen molar-refractivity contribution in [1.29, 1.82) is 0 Å². The maximum Gasteiger partial charge on any atom is 0.186 e. The molecule has 0 bridgehead atoms. The van der Waals surface area contributed by atoms with Crippen molar-refractivity contribution < 1.29 is 0 Å². The van der Waals surface area contributed by atoms with Gasteiger partial charge in [0.05, 0.1) is 0 Å². The molecule has 0 fully saturated rings. The number of rotatable bonds is 5. The summed E-state index contributed by atoms with van der Waals surface area (Å²) < 4.78 is 0. The van der Waals surface area contributed by atoms with Gasteiger partial charge in [0.2, 0.25) is 0 Å². The van der Waals surface area contributed by atoms with Crippen molar-refractivity contribution in [3.05, 3.63) is 34.2 Å². The van der Waals surface area contributed by atoms with Crippen molar-refractivity contribution in [3.8, 4) is 0 Å². The van der Waals surface area contributed by atoms with Crippen LogP contribution < -0.4 is 16.5 Å². The smallest absolute Gasteiger partial charge is 0.186 e. The Morgan fingerprint density at radius 1 is 1.53 bits per heavy atom. The Morgan fingerprint density at radius 3 is 2.80 bits per heavy atom. The van der Waals surface area contributed by atoms with E-state index in [4.69, 9.17) is 5.73 Å². The Labute approximate surface area is 89.9 Å². The molecule has 0 saturated carbocycles. The molecule has 1 atom stereocenters. The SMILES string of the molecule is CC(C)C(CN)NCc1c[nH]ccc1=O. The third-order valence-corrected chi connectivity index (χ3v) is 2.52. The van der Waals surface area contributed by atoms with E-state index in [-0.39, 0.29) is 11.5 Å². The first kappa shape index (κ1) is 11.9. The number of hydrogen-bond acceptors (Lipinski definition) is 3. The van der Waals surface area contributed by atoms with Crippen molar-refractivity contribution in [2.75, 3.05) is 6.54 Å². The number of aromatic nitrogens is 1. The van der Waals surface area contributed by atoms with Crippen LogP contribution in [-0.2, 0) is 6.54 Å². The van der Waals surface area contributed by atoms with E-state index >= 15 is 0 Å². The molecule has 0 aromatic carbocycles. The van der Waals surface area contributed by atoms with Gasteiger partial charge in [0.25, 0.3) is 0 Å². The molecule has 4 nitrogen and oxygen atoms in total. The maximum atomic E-state index is 11.4. The molecule has 0 amide bonds. The summed E-state index contributed by atoms with van der Waals surface area (Å²) in [5.74, 6) is 0.470. The van der Waals surface area contributed by atoms with Gasteiger partial charge in [0.1, 0.15) is 0 Å². The van der Waals surface area contributed by atoms with E-state index in [2.05, 4.69) is 24.1 Å². The molecule has 0 spiro atoms. The zero-order valence-corrected chi connectivity index (χ0v) is 9.29. The Balaban J connectivity index is 2.57. The zero-order valence-electron chi connectivity index (χ0n) is 9.29. The molecule has 1 rings (SSSR count). The molecule has 0 aliphatic heterocycles. The third-order valence-electron chi connectivity index (χ3n) is 2.52. The average molecular weight is 209 g/mol. The van der Waals surface area contributed by atoms with Gasteiger partial charge >= 0.3 is 0 Å². The van der Waals surface area contributed by atoms with E-state index in [0.29, 0.717) is 19.0 Å². The number of H-pyrrole nitrogens is 1. The molecule has 4 N–H and O–H groups in total. The normalized spacial score (nSPS) is 13.1. The Morgan fingerprint density at radius 2 is 2.27 bits per heavy atom. The van der Waals surface area contributed by atoms with Crippen LogP contribution in [0.2, 0.25) is 0 Å². The fraction of sp³-hybridized carbons (Fsp3) is 0.545. The molecule has 0 aliphatic rings. The van der Waals surface area contributed by atoms with E-state index in [9.17, 15) is 4.79 Å². The van der Waals surface area contributed by atoms with E-state index in [1.807, 2.05) is 0 Å². The van der Waals surface area contributed by atoms with Crippen LogP contribution in [0.1, 0.15) is 19.4 Å². The second-order valence-electron chi connectivity index (χ2n) is 4.00. The van der Waals surface area contributed by atoms with Crippen LogP contribution in [0.3, 0.4) is 0 Å². The molecule has 0 radical (unpaired) electrons. The first-order chi connectivity index (χ1) is 7.15. The van der Waals surface area contributed by atoms with Crippen molar-refractivity contribution in [2.24, 2.45) is 11.7 Å². The summed E-state index contributed by atoms with van der Waals surface area (Å²) in [6.07, 6.45) is 3.36. The molecule has 4 heteroatoms. The van der Waals surface area contributed by atoms with Crippen molar-refractivity contribution in [2.45, 2.75) is 26.4 Å². The van der Waals surface area contributed by atoms with Gasteiger partial charge in [-0.25, -0.2) is 0 Å². The highest BCUT2D eigenvalue weighted by Crippen LogP contribution is 2.00. The fourth-order valence-electron chi connectivity index (χ4n) is 1.42. The van der Waals surface area contributed by atoms with Crippen LogP contribution in [0, 0.1) is 5.92 Å². The summed E-state index contributed by atoms with van der Waals surface area (Å²) in [6, 6.07) is 1.79. The molecule has 15 heavy (non-hydrogen) atoms. The monoisotopic (exact) mass is 209 g/mol. The minimum absolute atomic E-state index is 0.0563. The van der Waals surface area contributed by atoms with Gasteiger partial charge in [-0.3, -0.25) is 4.79 Å². The van der Waals surface area contributed by atoms with E-state index in [1.54, 1.807) is 12.4 Å². The number of hydrogen-bond donors (Lipinski definition) is 3. The standard InChI is InChI=1S/C11H19N3O/c1-8(2)10(5-12)14-7-9-6-13-4-3-11(9)15/h3-4,6,8,10,14H,5,7,12H2,1-2H3,(H,13,15). The number of pyridine rings is 1. The highest BCUT2D eigenvalue weighted by atomic mass is 16.1. The molecule has 1 aromatic heterocycles. The zero-order chi connectivity index (χ0) is 11.3. The second kappa shape index (κ2) is 5.68. The first-order valence-corrected chi connectivity index (χ1v) is 5.24. The third kappa shape index (κ3) is 3.49. The summed E-state index contributed by atoms with van der Waals surface area (Å²) in [5, 5.41) is 3.28. The van der Waals surface area contributed by atoms with E-state index in [0.717, 1.165) is 5.56 Å². The highest BCUT2D eigenvalue weighted by molar-refractivity contribution is 5.08. The molecule has 84 valence electrons. The van der Waals surface area contributed by atoms with Gasteiger partial charge < -0.3 is 16.0 Å². The van der Waals surface area contributed by atoms with E-state index < -0.39 is 0 Å². The summed E-state index contributed by atoms with van der Waals surface area (Å²) in [5.41, 5.74) is 6.43. The van der Waals surface area contributed by atoms with Gasteiger partial charge in [-0.1, -0.05) is 13.8 Å². The predicted octanol–water partition coefficient (Wildman–Crippen LogP) is 0.448. The quantitative estimate of drug-likeness (QED) is 0.659. The van der Waals surface area contributed by atoms with Crippen LogP contribution >= 0.6 is 0 Å². The summed E-state index contributed by atoms with van der Waals surface area (Å²) in [4.78, 5) is 14.3. The maximum absolute atomic E-state index is 11.4. The molecule has 1 aromatic rings. The summed E-state index contributed by atoms with van der Waals surface area (Å²) in [6.45, 7) is 5.37. The summed E-state index contributed by atoms with van der Waals surface area (Å²) >= 11 is 0.